The summed E-state index contributed by atoms with van der Waals surface area (Å²) in [6, 6.07) is 2.66. The van der Waals surface area contributed by atoms with Crippen molar-refractivity contribution in [1.29, 1.82) is 0 Å². The fourth-order valence-corrected chi connectivity index (χ4v) is 2.14. The molecule has 3 nitrogen and oxygen atoms in total. The van der Waals surface area contributed by atoms with Crippen LogP contribution in [-0.2, 0) is 7.05 Å². The van der Waals surface area contributed by atoms with Gasteiger partial charge in [0.25, 0.3) is 0 Å². The van der Waals surface area contributed by atoms with Crippen molar-refractivity contribution in [3.63, 3.8) is 0 Å². The number of hydrogen-bond acceptors (Lipinski definition) is 2. The molecule has 2 rings (SSSR count). The zero-order chi connectivity index (χ0) is 10.1. The van der Waals surface area contributed by atoms with Crippen LogP contribution in [0.15, 0.2) is 6.07 Å². The van der Waals surface area contributed by atoms with Gasteiger partial charge in [0.05, 0.1) is 11.7 Å². The number of hydrogen-bond donors (Lipinski definition) is 1. The molecule has 78 valence electrons. The molecule has 0 aromatic carbocycles. The number of aryl methyl sites for hydroxylation is 2. The minimum absolute atomic E-state index is 0.462. The Morgan fingerprint density at radius 3 is 2.64 bits per heavy atom. The summed E-state index contributed by atoms with van der Waals surface area (Å²) in [7, 11) is 4.04. The van der Waals surface area contributed by atoms with Crippen LogP contribution in [0.4, 0.5) is 0 Å². The van der Waals surface area contributed by atoms with Crippen LogP contribution in [0.1, 0.15) is 36.7 Å². The Hall–Kier alpha value is -0.830. The number of nitrogens with zero attached hydrogens (tertiary/aromatic N) is 2. The van der Waals surface area contributed by atoms with Crippen LogP contribution in [0.3, 0.4) is 0 Å². The lowest BCUT2D eigenvalue weighted by molar-refractivity contribution is 0.235. The van der Waals surface area contributed by atoms with Gasteiger partial charge in [0.2, 0.25) is 0 Å². The Labute approximate surface area is 85.5 Å². The van der Waals surface area contributed by atoms with Crippen molar-refractivity contribution < 1.29 is 0 Å². The van der Waals surface area contributed by atoms with Crippen LogP contribution < -0.4 is 5.32 Å². The van der Waals surface area contributed by atoms with E-state index in [1.807, 2.05) is 18.8 Å². The second kappa shape index (κ2) is 3.73. The minimum Gasteiger partial charge on any atom is -0.311 e. The van der Waals surface area contributed by atoms with Crippen molar-refractivity contribution in [2.24, 2.45) is 13.0 Å². The van der Waals surface area contributed by atoms with Crippen molar-refractivity contribution >= 4 is 0 Å². The van der Waals surface area contributed by atoms with E-state index in [-0.39, 0.29) is 0 Å². The summed E-state index contributed by atoms with van der Waals surface area (Å²) >= 11 is 0. The van der Waals surface area contributed by atoms with Gasteiger partial charge in [-0.3, -0.25) is 4.68 Å². The molecule has 1 unspecified atom stereocenters. The van der Waals surface area contributed by atoms with Gasteiger partial charge in [-0.1, -0.05) is 6.42 Å². The first kappa shape index (κ1) is 9.71. The zero-order valence-corrected chi connectivity index (χ0v) is 9.25. The van der Waals surface area contributed by atoms with Crippen molar-refractivity contribution in [1.82, 2.24) is 15.1 Å². The van der Waals surface area contributed by atoms with Crippen molar-refractivity contribution in [3.05, 3.63) is 17.5 Å². The highest BCUT2D eigenvalue weighted by molar-refractivity contribution is 5.14. The van der Waals surface area contributed by atoms with Crippen LogP contribution in [-0.4, -0.2) is 16.8 Å². The molecule has 1 aliphatic carbocycles. The summed E-state index contributed by atoms with van der Waals surface area (Å²) in [5.74, 6) is 0.800. The number of rotatable bonds is 3. The molecule has 1 fully saturated rings. The fraction of sp³-hybridized carbons (Fsp3) is 0.727. The lowest BCUT2D eigenvalue weighted by Crippen LogP contribution is -2.30. The molecular formula is C11H19N3. The number of nitrogens with one attached hydrogen (secondary N) is 1. The first-order chi connectivity index (χ1) is 6.72. The third kappa shape index (κ3) is 1.57. The van der Waals surface area contributed by atoms with E-state index in [0.29, 0.717) is 6.04 Å². The summed E-state index contributed by atoms with van der Waals surface area (Å²) in [6.07, 6.45) is 4.08. The molecule has 0 amide bonds. The van der Waals surface area contributed by atoms with E-state index < -0.39 is 0 Å². The third-order valence-electron chi connectivity index (χ3n) is 3.38. The second-order valence-electron chi connectivity index (χ2n) is 4.29. The Bertz CT molecular complexity index is 293. The maximum Gasteiger partial charge on any atom is 0.0799 e. The van der Waals surface area contributed by atoms with Gasteiger partial charge in [-0.15, -0.1) is 0 Å². The van der Waals surface area contributed by atoms with E-state index >= 15 is 0 Å². The van der Waals surface area contributed by atoms with E-state index in [1.165, 1.54) is 30.7 Å². The summed E-state index contributed by atoms with van der Waals surface area (Å²) < 4.78 is 1.96. The van der Waals surface area contributed by atoms with Gasteiger partial charge in [0, 0.05) is 12.7 Å². The maximum atomic E-state index is 4.54. The van der Waals surface area contributed by atoms with E-state index in [9.17, 15) is 0 Å². The van der Waals surface area contributed by atoms with Crippen molar-refractivity contribution in [2.75, 3.05) is 7.05 Å². The molecule has 1 aromatic heterocycles. The first-order valence-electron chi connectivity index (χ1n) is 5.40. The van der Waals surface area contributed by atoms with Crippen LogP contribution >= 0.6 is 0 Å². The third-order valence-corrected chi connectivity index (χ3v) is 3.38. The normalized spacial score (nSPS) is 19.4. The van der Waals surface area contributed by atoms with Gasteiger partial charge >= 0.3 is 0 Å². The van der Waals surface area contributed by atoms with Crippen molar-refractivity contribution in [2.45, 2.75) is 32.2 Å². The monoisotopic (exact) mass is 193 g/mol. The standard InChI is InChI=1S/C11H19N3/c1-8-7-10(13-14(8)3)11(12-2)9-5-4-6-9/h7,9,11-12H,4-6H2,1-3H3. The van der Waals surface area contributed by atoms with Crippen LogP contribution in [0, 0.1) is 12.8 Å². The highest BCUT2D eigenvalue weighted by Gasteiger charge is 2.28. The van der Waals surface area contributed by atoms with E-state index in [0.717, 1.165) is 5.92 Å². The predicted octanol–water partition coefficient (Wildman–Crippen LogP) is 1.79. The Kier molecular flexibility index (Phi) is 2.59. The molecule has 1 aliphatic rings. The largest absolute Gasteiger partial charge is 0.311 e. The average molecular weight is 193 g/mol. The first-order valence-corrected chi connectivity index (χ1v) is 5.40. The van der Waals surface area contributed by atoms with Gasteiger partial charge in [-0.2, -0.15) is 5.10 Å². The zero-order valence-electron chi connectivity index (χ0n) is 9.25. The molecule has 0 spiro atoms. The lowest BCUT2D eigenvalue weighted by atomic mass is 9.78. The predicted molar refractivity (Wildman–Crippen MR) is 57.1 cm³/mol. The van der Waals surface area contributed by atoms with Gasteiger partial charge in [-0.05, 0) is 38.8 Å². The molecular weight excluding hydrogens is 174 g/mol. The summed E-state index contributed by atoms with van der Waals surface area (Å²) in [4.78, 5) is 0. The highest BCUT2D eigenvalue weighted by Crippen LogP contribution is 2.36. The van der Waals surface area contributed by atoms with Gasteiger partial charge < -0.3 is 5.32 Å². The summed E-state index contributed by atoms with van der Waals surface area (Å²) in [5.41, 5.74) is 2.44. The molecule has 3 heteroatoms. The molecule has 0 radical (unpaired) electrons. The molecule has 1 heterocycles. The smallest absolute Gasteiger partial charge is 0.0799 e. The molecule has 1 atom stereocenters. The summed E-state index contributed by atoms with van der Waals surface area (Å²) in [6.45, 7) is 2.10. The topological polar surface area (TPSA) is 29.9 Å². The molecule has 1 aromatic rings. The van der Waals surface area contributed by atoms with Crippen molar-refractivity contribution in [3.8, 4) is 0 Å². The number of aromatic nitrogens is 2. The highest BCUT2D eigenvalue weighted by atomic mass is 15.3. The van der Waals surface area contributed by atoms with Crippen LogP contribution in [0.25, 0.3) is 0 Å². The second-order valence-corrected chi connectivity index (χ2v) is 4.29. The molecule has 14 heavy (non-hydrogen) atoms. The van der Waals surface area contributed by atoms with Gasteiger partial charge in [-0.25, -0.2) is 0 Å². The quantitative estimate of drug-likeness (QED) is 0.793. The molecule has 0 saturated heterocycles. The van der Waals surface area contributed by atoms with Gasteiger partial charge in [0.15, 0.2) is 0 Å². The molecule has 0 bridgehead atoms. The summed E-state index contributed by atoms with van der Waals surface area (Å²) in [5, 5.41) is 7.92. The molecule has 0 aliphatic heterocycles. The average Bonchev–Trinajstić information content (AvgIpc) is 2.39. The molecule has 1 saturated carbocycles. The van der Waals surface area contributed by atoms with Crippen LogP contribution in [0.2, 0.25) is 0 Å². The molecule has 1 N–H and O–H groups in total. The van der Waals surface area contributed by atoms with E-state index in [4.69, 9.17) is 0 Å². The van der Waals surface area contributed by atoms with E-state index in [2.05, 4.69) is 23.4 Å². The Morgan fingerprint density at radius 1 is 1.57 bits per heavy atom. The lowest BCUT2D eigenvalue weighted by Gasteiger charge is -2.32. The fourth-order valence-electron chi connectivity index (χ4n) is 2.14. The van der Waals surface area contributed by atoms with E-state index in [1.54, 1.807) is 0 Å². The Balaban J connectivity index is 2.17. The maximum absolute atomic E-state index is 4.54. The SMILES string of the molecule is CNC(c1cc(C)n(C)n1)C1CCC1. The van der Waals surface area contributed by atoms with Gasteiger partial charge in [0.1, 0.15) is 0 Å². The minimum atomic E-state index is 0.462. The van der Waals surface area contributed by atoms with Crippen LogP contribution in [0.5, 0.6) is 0 Å². The Morgan fingerprint density at radius 2 is 2.29 bits per heavy atom.